The smallest absolute Gasteiger partial charge is 0.341 e. The molecule has 14 nitrogen and oxygen atoms in total. The van der Waals surface area contributed by atoms with E-state index in [1.807, 2.05) is 17.7 Å². The Bertz CT molecular complexity index is 2520. The van der Waals surface area contributed by atoms with Gasteiger partial charge in [-0.2, -0.15) is 16.8 Å². The number of esters is 1. The van der Waals surface area contributed by atoms with Crippen LogP contribution in [0.25, 0.3) is 5.57 Å². The van der Waals surface area contributed by atoms with Gasteiger partial charge in [-0.3, -0.25) is 0 Å². The lowest BCUT2D eigenvalue weighted by atomic mass is 9.93. The molecule has 8 rings (SSSR count). The third-order valence-electron chi connectivity index (χ3n) is 11.1. The molecule has 1 unspecified atom stereocenters. The number of ether oxygens (including phenoxy) is 1. The lowest BCUT2D eigenvalue weighted by Gasteiger charge is -2.17. The fourth-order valence-electron chi connectivity index (χ4n) is 8.62. The van der Waals surface area contributed by atoms with Crippen molar-refractivity contribution in [2.45, 2.75) is 101 Å². The summed E-state index contributed by atoms with van der Waals surface area (Å²) in [5.74, 6) is -0.833. The monoisotopic (exact) mass is 802 g/mol. The number of hydrogen-bond acceptors (Lipinski definition) is 10. The van der Waals surface area contributed by atoms with Crippen LogP contribution in [0.3, 0.4) is 0 Å². The molecular formula is C40H42N4O10S2. The van der Waals surface area contributed by atoms with Crippen molar-refractivity contribution in [3.05, 3.63) is 98.5 Å². The number of carbonyl (C=O) groups excluding carboxylic acids is 3. The molecule has 2 aromatic heterocycles. The number of nitrogens with one attached hydrogen (secondary N) is 4. The Morgan fingerprint density at radius 2 is 1.20 bits per heavy atom. The zero-order valence-corrected chi connectivity index (χ0v) is 32.6. The van der Waals surface area contributed by atoms with E-state index in [4.69, 9.17) is 13.6 Å². The lowest BCUT2D eigenvalue weighted by Crippen LogP contribution is -2.34. The van der Waals surface area contributed by atoms with Gasteiger partial charge >= 0.3 is 18.0 Å². The number of carbonyl (C=O) groups is 3. The Hall–Kier alpha value is -5.35. The van der Waals surface area contributed by atoms with Crippen molar-refractivity contribution < 1.29 is 44.8 Å². The molecule has 16 heteroatoms. The molecule has 2 heterocycles. The number of sulfonamides is 2. The van der Waals surface area contributed by atoms with Gasteiger partial charge in [0.05, 0.1) is 18.4 Å². The molecule has 4 aliphatic carbocycles. The molecule has 4 aromatic rings. The van der Waals surface area contributed by atoms with Crippen LogP contribution >= 0.6 is 0 Å². The molecule has 0 saturated carbocycles. The first-order chi connectivity index (χ1) is 26.8. The minimum Gasteiger partial charge on any atom is -0.462 e. The standard InChI is InChI=1S/C40H42N4O10S2/c1-3-52-38(45)28-19-35(54-21-28)56(50,51)44-40(47)42-37-31-12-6-9-25(31)17-33-26(13-14-32(33)37)15-22(2)27-18-34(53-20-27)55(48,49)43-39(46)41-36-29-10-4-7-23(29)16-24-8-5-11-30(24)36/h15-21,26H,3-14H2,1-2H3,(H2,41,43,46)(H2,42,44,47)/b22-15-. The van der Waals surface area contributed by atoms with Crippen molar-refractivity contribution in [1.82, 2.24) is 9.44 Å². The zero-order valence-electron chi connectivity index (χ0n) is 31.0. The van der Waals surface area contributed by atoms with Crippen LogP contribution in [0.2, 0.25) is 0 Å². The summed E-state index contributed by atoms with van der Waals surface area (Å²) < 4.78 is 72.1. The van der Waals surface area contributed by atoms with Crippen LogP contribution in [0.4, 0.5) is 21.0 Å². The van der Waals surface area contributed by atoms with E-state index in [0.29, 0.717) is 24.1 Å². The fourth-order valence-corrected chi connectivity index (χ4v) is 10.3. The molecule has 1 atom stereocenters. The van der Waals surface area contributed by atoms with Crippen molar-refractivity contribution >= 4 is 55.0 Å². The van der Waals surface area contributed by atoms with E-state index in [0.717, 1.165) is 115 Å². The van der Waals surface area contributed by atoms with Gasteiger partial charge < -0.3 is 24.2 Å². The summed E-state index contributed by atoms with van der Waals surface area (Å²) in [7, 11) is -8.78. The van der Waals surface area contributed by atoms with Crippen LogP contribution in [0, 0.1) is 0 Å². The first-order valence-corrected chi connectivity index (χ1v) is 21.8. The van der Waals surface area contributed by atoms with Crippen molar-refractivity contribution in [1.29, 1.82) is 0 Å². The average Bonchev–Trinajstić information content (AvgIpc) is 3.99. The van der Waals surface area contributed by atoms with Gasteiger partial charge in [-0.25, -0.2) is 23.8 Å². The Kier molecular flexibility index (Phi) is 9.81. The van der Waals surface area contributed by atoms with Crippen LogP contribution in [-0.2, 0) is 69.7 Å². The third kappa shape index (κ3) is 7.11. The maximum Gasteiger partial charge on any atom is 0.341 e. The summed E-state index contributed by atoms with van der Waals surface area (Å²) >= 11 is 0. The van der Waals surface area contributed by atoms with Gasteiger partial charge in [-0.15, -0.1) is 0 Å². The maximum absolute atomic E-state index is 13.3. The molecule has 2 aromatic carbocycles. The molecule has 4 amide bonds. The summed E-state index contributed by atoms with van der Waals surface area (Å²) in [6, 6.07) is 4.97. The van der Waals surface area contributed by atoms with Gasteiger partial charge in [-0.1, -0.05) is 18.2 Å². The number of allylic oxidation sites excluding steroid dienone is 2. The van der Waals surface area contributed by atoms with Crippen LogP contribution in [-0.4, -0.2) is 41.5 Å². The van der Waals surface area contributed by atoms with Gasteiger partial charge in [0.2, 0.25) is 10.2 Å². The number of fused-ring (bicyclic) bond motifs is 4. The molecule has 294 valence electrons. The number of anilines is 2. The third-order valence-corrected chi connectivity index (χ3v) is 13.5. The molecule has 0 aliphatic heterocycles. The summed E-state index contributed by atoms with van der Waals surface area (Å²) in [5.41, 5.74) is 11.1. The average molecular weight is 803 g/mol. The summed E-state index contributed by atoms with van der Waals surface area (Å²) in [6.07, 6.45) is 13.6. The highest BCUT2D eigenvalue weighted by Crippen LogP contribution is 2.45. The van der Waals surface area contributed by atoms with Crippen molar-refractivity contribution in [2.24, 2.45) is 0 Å². The first kappa shape index (κ1) is 37.6. The molecule has 0 fully saturated rings. The minimum atomic E-state index is -4.45. The largest absolute Gasteiger partial charge is 0.462 e. The maximum atomic E-state index is 13.3. The van der Waals surface area contributed by atoms with E-state index in [2.05, 4.69) is 27.5 Å². The highest BCUT2D eigenvalue weighted by atomic mass is 32.2. The predicted octanol–water partition coefficient (Wildman–Crippen LogP) is 6.67. The first-order valence-electron chi connectivity index (χ1n) is 18.9. The predicted molar refractivity (Wildman–Crippen MR) is 206 cm³/mol. The number of benzene rings is 2. The molecule has 4 aliphatic rings. The number of hydrogen-bond donors (Lipinski definition) is 4. The number of urea groups is 2. The molecule has 4 N–H and O–H groups in total. The Morgan fingerprint density at radius 3 is 1.75 bits per heavy atom. The second-order valence-electron chi connectivity index (χ2n) is 14.7. The van der Waals surface area contributed by atoms with Crippen molar-refractivity contribution in [2.75, 3.05) is 17.2 Å². The van der Waals surface area contributed by atoms with E-state index < -0.39 is 43.2 Å². The van der Waals surface area contributed by atoms with E-state index >= 15 is 0 Å². The molecule has 0 saturated heterocycles. The molecule has 0 bridgehead atoms. The highest BCUT2D eigenvalue weighted by Gasteiger charge is 2.32. The van der Waals surface area contributed by atoms with Gasteiger partial charge in [0.25, 0.3) is 20.0 Å². The van der Waals surface area contributed by atoms with E-state index in [1.165, 1.54) is 23.5 Å². The van der Waals surface area contributed by atoms with Crippen LogP contribution in [0.15, 0.2) is 61.9 Å². The number of aryl methyl sites for hydroxylation is 3. The number of rotatable bonds is 10. The summed E-state index contributed by atoms with van der Waals surface area (Å²) in [6.45, 7) is 3.56. The molecule has 0 radical (unpaired) electrons. The van der Waals surface area contributed by atoms with Gasteiger partial charge in [0, 0.05) is 35.0 Å². The summed E-state index contributed by atoms with van der Waals surface area (Å²) in [5, 5.41) is 4.66. The van der Waals surface area contributed by atoms with Crippen molar-refractivity contribution in [3.63, 3.8) is 0 Å². The Labute approximate surface area is 324 Å². The Morgan fingerprint density at radius 1 is 0.696 bits per heavy atom. The number of amides is 4. The van der Waals surface area contributed by atoms with Crippen molar-refractivity contribution in [3.8, 4) is 0 Å². The van der Waals surface area contributed by atoms with Gasteiger partial charge in [-0.05, 0) is 135 Å². The van der Waals surface area contributed by atoms with E-state index in [9.17, 15) is 31.2 Å². The van der Waals surface area contributed by atoms with Crippen LogP contribution in [0.5, 0.6) is 0 Å². The zero-order chi connectivity index (χ0) is 39.4. The second-order valence-corrected chi connectivity index (χ2v) is 17.9. The molecular weight excluding hydrogens is 761 g/mol. The molecule has 56 heavy (non-hydrogen) atoms. The lowest BCUT2D eigenvalue weighted by molar-refractivity contribution is 0.0525. The SMILES string of the molecule is CCOC(=O)c1coc(S(=O)(=O)NC(=O)Nc2c3c(cc4c2CCC4/C=C(/C)c2coc(S(=O)(=O)NC(=O)Nc4c5c(cc6c4CCC6)CCC5)c2)CCC3)c1. The normalized spacial score (nSPS) is 17.2. The van der Waals surface area contributed by atoms with E-state index in [-0.39, 0.29) is 23.2 Å². The quantitative estimate of drug-likeness (QED) is 0.125. The van der Waals surface area contributed by atoms with E-state index in [1.54, 1.807) is 6.92 Å². The topological polar surface area (TPSA) is 203 Å². The second kappa shape index (κ2) is 14.6. The van der Waals surface area contributed by atoms with Crippen LogP contribution in [0.1, 0.15) is 106 Å². The molecule has 0 spiro atoms. The fraction of sp³-hybridized carbons (Fsp3) is 0.375. The summed E-state index contributed by atoms with van der Waals surface area (Å²) in [4.78, 5) is 38.3. The van der Waals surface area contributed by atoms with Gasteiger partial charge in [0.1, 0.15) is 6.26 Å². The minimum absolute atomic E-state index is 0.0825. The highest BCUT2D eigenvalue weighted by molar-refractivity contribution is 7.90. The number of furan rings is 2. The van der Waals surface area contributed by atoms with Gasteiger partial charge in [0.15, 0.2) is 0 Å². The Balaban J connectivity index is 0.968. The van der Waals surface area contributed by atoms with Crippen LogP contribution < -0.4 is 20.1 Å².